The summed E-state index contributed by atoms with van der Waals surface area (Å²) in [4.78, 5) is 28.3. The monoisotopic (exact) mass is 341 g/mol. The van der Waals surface area contributed by atoms with Crippen molar-refractivity contribution in [3.8, 4) is 11.5 Å². The molecule has 0 saturated carbocycles. The van der Waals surface area contributed by atoms with Crippen molar-refractivity contribution in [1.29, 1.82) is 0 Å². The summed E-state index contributed by atoms with van der Waals surface area (Å²) in [6.45, 7) is 7.32. The number of rotatable bonds is 5. The van der Waals surface area contributed by atoms with E-state index in [1.165, 1.54) is 0 Å². The predicted octanol–water partition coefficient (Wildman–Crippen LogP) is 2.91. The van der Waals surface area contributed by atoms with Crippen LogP contribution < -0.4 is 15.4 Å². The van der Waals surface area contributed by atoms with Gasteiger partial charge < -0.3 is 15.4 Å². The summed E-state index contributed by atoms with van der Waals surface area (Å²) in [6, 6.07) is 9.64. The molecule has 0 fully saturated rings. The number of amides is 2. The van der Waals surface area contributed by atoms with Crippen LogP contribution in [0.5, 0.6) is 11.5 Å². The van der Waals surface area contributed by atoms with Crippen LogP contribution in [0.25, 0.3) is 0 Å². The molecule has 1 atom stereocenters. The maximum absolute atomic E-state index is 12.3. The zero-order chi connectivity index (χ0) is 18.4. The van der Waals surface area contributed by atoms with Crippen LogP contribution in [-0.4, -0.2) is 28.4 Å². The van der Waals surface area contributed by atoms with E-state index >= 15 is 0 Å². The molecule has 0 aliphatic rings. The number of benzene rings is 1. The Kier molecular flexibility index (Phi) is 5.75. The van der Waals surface area contributed by atoms with Crippen molar-refractivity contribution in [2.75, 3.05) is 0 Å². The molecular formula is C19H23N3O3. The summed E-state index contributed by atoms with van der Waals surface area (Å²) >= 11 is 0. The molecule has 0 bridgehead atoms. The van der Waals surface area contributed by atoms with Crippen LogP contribution in [0.1, 0.15) is 38.1 Å². The van der Waals surface area contributed by atoms with E-state index in [2.05, 4.69) is 15.6 Å². The maximum atomic E-state index is 12.3. The van der Waals surface area contributed by atoms with Crippen LogP contribution in [0.15, 0.2) is 48.8 Å². The highest BCUT2D eigenvalue weighted by atomic mass is 16.5. The Morgan fingerprint density at radius 2 is 1.76 bits per heavy atom. The number of aromatic nitrogens is 1. The van der Waals surface area contributed by atoms with E-state index in [-0.39, 0.29) is 17.4 Å². The van der Waals surface area contributed by atoms with Gasteiger partial charge in [-0.25, -0.2) is 0 Å². The summed E-state index contributed by atoms with van der Waals surface area (Å²) in [5.41, 5.74) is 0.107. The van der Waals surface area contributed by atoms with Crippen molar-refractivity contribution in [2.45, 2.75) is 39.3 Å². The SMILES string of the molecule is C[C@@H](NC(=O)c1ccc(Oc2cccnc2)cc1)C(=O)NC(C)(C)C. The molecule has 2 N–H and O–H groups in total. The Labute approximate surface area is 147 Å². The molecule has 0 aliphatic heterocycles. The average molecular weight is 341 g/mol. The third kappa shape index (κ3) is 5.91. The third-order valence-corrected chi connectivity index (χ3v) is 3.23. The van der Waals surface area contributed by atoms with Gasteiger partial charge in [0.1, 0.15) is 17.5 Å². The van der Waals surface area contributed by atoms with Crippen molar-refractivity contribution in [3.05, 3.63) is 54.4 Å². The van der Waals surface area contributed by atoms with E-state index in [0.29, 0.717) is 17.1 Å². The number of pyridine rings is 1. The highest BCUT2D eigenvalue weighted by Gasteiger charge is 2.21. The molecule has 2 aromatic rings. The Bertz CT molecular complexity index is 722. The van der Waals surface area contributed by atoms with Gasteiger partial charge in [-0.3, -0.25) is 14.6 Å². The van der Waals surface area contributed by atoms with E-state index in [0.717, 1.165) is 0 Å². The topological polar surface area (TPSA) is 80.3 Å². The van der Waals surface area contributed by atoms with Gasteiger partial charge in [0.2, 0.25) is 5.91 Å². The number of nitrogens with zero attached hydrogens (tertiary/aromatic N) is 1. The van der Waals surface area contributed by atoms with Crippen LogP contribution in [0.2, 0.25) is 0 Å². The minimum absolute atomic E-state index is 0.225. The molecule has 0 saturated heterocycles. The van der Waals surface area contributed by atoms with Gasteiger partial charge in [-0.2, -0.15) is 0 Å². The summed E-state index contributed by atoms with van der Waals surface area (Å²) < 4.78 is 5.63. The minimum Gasteiger partial charge on any atom is -0.456 e. The highest BCUT2D eigenvalue weighted by molar-refractivity contribution is 5.97. The molecule has 0 unspecified atom stereocenters. The second-order valence-electron chi connectivity index (χ2n) is 6.75. The van der Waals surface area contributed by atoms with E-state index in [9.17, 15) is 9.59 Å². The zero-order valence-corrected chi connectivity index (χ0v) is 14.9. The molecule has 0 aliphatic carbocycles. The Morgan fingerprint density at radius 1 is 1.08 bits per heavy atom. The normalized spacial score (nSPS) is 12.2. The minimum atomic E-state index is -0.627. The fraction of sp³-hybridized carbons (Fsp3) is 0.316. The van der Waals surface area contributed by atoms with Crippen LogP contribution in [0, 0.1) is 0 Å². The lowest BCUT2D eigenvalue weighted by molar-refractivity contribution is -0.124. The lowest BCUT2D eigenvalue weighted by atomic mass is 10.1. The van der Waals surface area contributed by atoms with Crippen molar-refractivity contribution >= 4 is 11.8 Å². The summed E-state index contributed by atoms with van der Waals surface area (Å²) in [6.07, 6.45) is 3.27. The number of nitrogens with one attached hydrogen (secondary N) is 2. The van der Waals surface area contributed by atoms with Gasteiger partial charge in [0.15, 0.2) is 0 Å². The molecule has 25 heavy (non-hydrogen) atoms. The molecular weight excluding hydrogens is 318 g/mol. The highest BCUT2D eigenvalue weighted by Crippen LogP contribution is 2.20. The third-order valence-electron chi connectivity index (χ3n) is 3.23. The quantitative estimate of drug-likeness (QED) is 0.876. The molecule has 1 aromatic carbocycles. The molecule has 0 radical (unpaired) electrons. The molecule has 0 spiro atoms. The first-order valence-corrected chi connectivity index (χ1v) is 8.05. The van der Waals surface area contributed by atoms with E-state index in [4.69, 9.17) is 4.74 Å². The van der Waals surface area contributed by atoms with Crippen LogP contribution in [0.3, 0.4) is 0 Å². The number of carbonyl (C=O) groups is 2. The van der Waals surface area contributed by atoms with Crippen LogP contribution >= 0.6 is 0 Å². The molecule has 6 nitrogen and oxygen atoms in total. The first-order chi connectivity index (χ1) is 11.7. The lowest BCUT2D eigenvalue weighted by Crippen LogP contribution is -2.50. The molecule has 1 aromatic heterocycles. The standard InChI is InChI=1S/C19H23N3O3/c1-13(17(23)22-19(2,3)4)21-18(24)14-7-9-15(10-8-14)25-16-6-5-11-20-12-16/h5-13H,1-4H3,(H,21,24)(H,22,23)/t13-/m1/s1. The summed E-state index contributed by atoms with van der Waals surface area (Å²) in [5, 5.41) is 5.52. The maximum Gasteiger partial charge on any atom is 0.251 e. The fourth-order valence-electron chi connectivity index (χ4n) is 2.04. The van der Waals surface area contributed by atoms with Gasteiger partial charge in [0.25, 0.3) is 5.91 Å². The van der Waals surface area contributed by atoms with E-state index in [1.54, 1.807) is 55.7 Å². The first-order valence-electron chi connectivity index (χ1n) is 8.05. The van der Waals surface area contributed by atoms with Gasteiger partial charge in [0.05, 0.1) is 6.20 Å². The van der Waals surface area contributed by atoms with Crippen molar-refractivity contribution in [2.24, 2.45) is 0 Å². The number of hydrogen-bond donors (Lipinski definition) is 2. The zero-order valence-electron chi connectivity index (χ0n) is 14.9. The van der Waals surface area contributed by atoms with Gasteiger partial charge in [-0.15, -0.1) is 0 Å². The number of ether oxygens (including phenoxy) is 1. The molecule has 2 amide bonds. The average Bonchev–Trinajstić information content (AvgIpc) is 2.54. The van der Waals surface area contributed by atoms with Gasteiger partial charge >= 0.3 is 0 Å². The number of hydrogen-bond acceptors (Lipinski definition) is 4. The second kappa shape index (κ2) is 7.79. The van der Waals surface area contributed by atoms with Crippen LogP contribution in [0.4, 0.5) is 0 Å². The summed E-state index contributed by atoms with van der Waals surface area (Å²) in [5.74, 6) is 0.678. The Balaban J connectivity index is 1.95. The molecule has 6 heteroatoms. The first kappa shape index (κ1) is 18.4. The second-order valence-corrected chi connectivity index (χ2v) is 6.75. The van der Waals surface area contributed by atoms with Crippen molar-refractivity contribution in [3.63, 3.8) is 0 Å². The smallest absolute Gasteiger partial charge is 0.251 e. The largest absolute Gasteiger partial charge is 0.456 e. The number of carbonyl (C=O) groups excluding carboxylic acids is 2. The predicted molar refractivity (Wildman–Crippen MR) is 95.6 cm³/mol. The van der Waals surface area contributed by atoms with E-state index < -0.39 is 6.04 Å². The molecule has 1 heterocycles. The van der Waals surface area contributed by atoms with Crippen molar-refractivity contribution < 1.29 is 14.3 Å². The molecule has 2 rings (SSSR count). The van der Waals surface area contributed by atoms with Gasteiger partial charge in [-0.1, -0.05) is 0 Å². The fourth-order valence-corrected chi connectivity index (χ4v) is 2.04. The van der Waals surface area contributed by atoms with Crippen molar-refractivity contribution in [1.82, 2.24) is 15.6 Å². The summed E-state index contributed by atoms with van der Waals surface area (Å²) in [7, 11) is 0. The molecule has 132 valence electrons. The van der Waals surface area contributed by atoms with E-state index in [1.807, 2.05) is 20.8 Å². The van der Waals surface area contributed by atoms with Crippen LogP contribution in [-0.2, 0) is 4.79 Å². The van der Waals surface area contributed by atoms with Gasteiger partial charge in [0, 0.05) is 17.3 Å². The Hall–Kier alpha value is -2.89. The lowest BCUT2D eigenvalue weighted by Gasteiger charge is -2.23. The Morgan fingerprint density at radius 3 is 2.32 bits per heavy atom. The van der Waals surface area contributed by atoms with Gasteiger partial charge in [-0.05, 0) is 64.1 Å².